The van der Waals surface area contributed by atoms with Gasteiger partial charge in [-0.3, -0.25) is 4.79 Å². The Labute approximate surface area is 151 Å². The van der Waals surface area contributed by atoms with E-state index in [0.717, 1.165) is 10.5 Å². The van der Waals surface area contributed by atoms with Crippen LogP contribution in [0.15, 0.2) is 89.8 Å². The van der Waals surface area contributed by atoms with Gasteiger partial charge in [0, 0.05) is 15.5 Å². The lowest BCUT2D eigenvalue weighted by atomic mass is 9.91. The molecule has 24 heavy (non-hydrogen) atoms. The molecule has 0 radical (unpaired) electrons. The summed E-state index contributed by atoms with van der Waals surface area (Å²) >= 11 is 7.59. The molecule has 0 spiro atoms. The van der Waals surface area contributed by atoms with Crippen molar-refractivity contribution in [3.63, 3.8) is 0 Å². The van der Waals surface area contributed by atoms with Gasteiger partial charge in [0.1, 0.15) is 4.75 Å². The SMILES string of the molecule is CC(Sc1ccccc1)(C(=O)c1ccccc1)c1ccc(Cl)cc1. The molecule has 0 amide bonds. The molecule has 0 saturated carbocycles. The van der Waals surface area contributed by atoms with E-state index in [4.69, 9.17) is 11.6 Å². The Hall–Kier alpha value is -2.03. The van der Waals surface area contributed by atoms with Crippen molar-refractivity contribution in [2.24, 2.45) is 0 Å². The van der Waals surface area contributed by atoms with E-state index in [2.05, 4.69) is 0 Å². The Kier molecular flexibility index (Phi) is 5.08. The Bertz CT molecular complexity index is 815. The number of benzene rings is 3. The first-order chi connectivity index (χ1) is 11.6. The molecular formula is C21H17ClOS. The zero-order valence-corrected chi connectivity index (χ0v) is 14.8. The monoisotopic (exact) mass is 352 g/mol. The Morgan fingerprint density at radius 2 is 1.38 bits per heavy atom. The zero-order chi connectivity index (χ0) is 17.0. The fourth-order valence-electron chi connectivity index (χ4n) is 2.59. The molecule has 0 heterocycles. The van der Waals surface area contributed by atoms with Crippen LogP contribution in [-0.2, 0) is 4.75 Å². The molecule has 120 valence electrons. The quantitative estimate of drug-likeness (QED) is 0.400. The maximum atomic E-state index is 13.3. The lowest BCUT2D eigenvalue weighted by molar-refractivity contribution is 0.0950. The van der Waals surface area contributed by atoms with Crippen molar-refractivity contribution in [2.75, 3.05) is 0 Å². The number of ketones is 1. The van der Waals surface area contributed by atoms with Crippen molar-refractivity contribution in [3.05, 3.63) is 101 Å². The van der Waals surface area contributed by atoms with Gasteiger partial charge in [0.05, 0.1) is 0 Å². The number of hydrogen-bond acceptors (Lipinski definition) is 2. The molecule has 0 aliphatic rings. The van der Waals surface area contributed by atoms with E-state index in [9.17, 15) is 4.79 Å². The van der Waals surface area contributed by atoms with Gasteiger partial charge in [-0.05, 0) is 36.8 Å². The average Bonchev–Trinajstić information content (AvgIpc) is 2.63. The van der Waals surface area contributed by atoms with Crippen molar-refractivity contribution in [2.45, 2.75) is 16.6 Å². The largest absolute Gasteiger partial charge is 0.292 e. The Morgan fingerprint density at radius 3 is 1.96 bits per heavy atom. The van der Waals surface area contributed by atoms with Gasteiger partial charge in [-0.2, -0.15) is 0 Å². The van der Waals surface area contributed by atoms with E-state index in [1.807, 2.05) is 91.9 Å². The van der Waals surface area contributed by atoms with E-state index in [-0.39, 0.29) is 5.78 Å². The van der Waals surface area contributed by atoms with Crippen LogP contribution >= 0.6 is 23.4 Å². The molecule has 3 rings (SSSR count). The van der Waals surface area contributed by atoms with Crippen molar-refractivity contribution >= 4 is 29.1 Å². The van der Waals surface area contributed by atoms with Crippen molar-refractivity contribution in [1.29, 1.82) is 0 Å². The van der Waals surface area contributed by atoms with Gasteiger partial charge in [0.25, 0.3) is 0 Å². The Balaban J connectivity index is 2.06. The summed E-state index contributed by atoms with van der Waals surface area (Å²) < 4.78 is -0.729. The molecule has 0 aromatic heterocycles. The first-order valence-corrected chi connectivity index (χ1v) is 8.89. The highest BCUT2D eigenvalue weighted by Crippen LogP contribution is 2.43. The number of carbonyl (C=O) groups excluding carboxylic acids is 1. The summed E-state index contributed by atoms with van der Waals surface area (Å²) in [6, 6.07) is 26.9. The molecule has 0 N–H and O–H groups in total. The molecule has 0 fully saturated rings. The Morgan fingerprint density at radius 1 is 0.833 bits per heavy atom. The van der Waals surface area contributed by atoms with Gasteiger partial charge in [-0.1, -0.05) is 72.3 Å². The third-order valence-corrected chi connectivity index (χ3v) is 5.52. The molecule has 3 aromatic carbocycles. The number of hydrogen-bond donors (Lipinski definition) is 0. The topological polar surface area (TPSA) is 17.1 Å². The minimum atomic E-state index is -0.729. The highest BCUT2D eigenvalue weighted by molar-refractivity contribution is 8.01. The van der Waals surface area contributed by atoms with Crippen molar-refractivity contribution in [1.82, 2.24) is 0 Å². The van der Waals surface area contributed by atoms with Gasteiger partial charge in [0.2, 0.25) is 0 Å². The van der Waals surface area contributed by atoms with Gasteiger partial charge >= 0.3 is 0 Å². The second-order valence-corrected chi connectivity index (χ2v) is 7.58. The van der Waals surface area contributed by atoms with Crippen LogP contribution in [0.2, 0.25) is 5.02 Å². The second-order valence-electron chi connectivity index (χ2n) is 5.65. The highest BCUT2D eigenvalue weighted by atomic mass is 35.5. The number of thioether (sulfide) groups is 1. The summed E-state index contributed by atoms with van der Waals surface area (Å²) in [7, 11) is 0. The van der Waals surface area contributed by atoms with Gasteiger partial charge in [0.15, 0.2) is 5.78 Å². The summed E-state index contributed by atoms with van der Waals surface area (Å²) in [4.78, 5) is 14.4. The van der Waals surface area contributed by atoms with E-state index >= 15 is 0 Å². The molecule has 1 atom stereocenters. The predicted molar refractivity (Wildman–Crippen MR) is 102 cm³/mol. The van der Waals surface area contributed by atoms with E-state index in [1.54, 1.807) is 11.8 Å². The smallest absolute Gasteiger partial charge is 0.183 e. The van der Waals surface area contributed by atoms with E-state index in [0.29, 0.717) is 10.6 Å². The normalized spacial score (nSPS) is 13.2. The maximum Gasteiger partial charge on any atom is 0.183 e. The highest BCUT2D eigenvalue weighted by Gasteiger charge is 2.37. The van der Waals surface area contributed by atoms with Crippen LogP contribution in [0.5, 0.6) is 0 Å². The van der Waals surface area contributed by atoms with Crippen LogP contribution < -0.4 is 0 Å². The van der Waals surface area contributed by atoms with Gasteiger partial charge < -0.3 is 0 Å². The molecule has 0 bridgehead atoms. The van der Waals surface area contributed by atoms with Crippen LogP contribution in [-0.4, -0.2) is 5.78 Å². The van der Waals surface area contributed by atoms with Gasteiger partial charge in [-0.25, -0.2) is 0 Å². The minimum absolute atomic E-state index is 0.0827. The number of halogens is 1. The van der Waals surface area contributed by atoms with E-state index < -0.39 is 4.75 Å². The second kappa shape index (κ2) is 7.25. The average molecular weight is 353 g/mol. The predicted octanol–water partition coefficient (Wildman–Crippen LogP) is 6.23. The standard InChI is InChI=1S/C21H17ClOS/c1-21(17-12-14-18(22)15-13-17,24-19-10-6-3-7-11-19)20(23)16-8-4-2-5-9-16/h2-15H,1H3. The first-order valence-electron chi connectivity index (χ1n) is 7.69. The molecule has 0 saturated heterocycles. The lowest BCUT2D eigenvalue weighted by Crippen LogP contribution is -2.29. The molecule has 3 aromatic rings. The van der Waals surface area contributed by atoms with Gasteiger partial charge in [-0.15, -0.1) is 11.8 Å². The fraction of sp³-hybridized carbons (Fsp3) is 0.0952. The van der Waals surface area contributed by atoms with Crippen LogP contribution in [0.3, 0.4) is 0 Å². The number of rotatable bonds is 5. The summed E-state index contributed by atoms with van der Waals surface area (Å²) in [5, 5.41) is 0.665. The summed E-state index contributed by atoms with van der Waals surface area (Å²) in [5.74, 6) is 0.0827. The third-order valence-electron chi connectivity index (χ3n) is 3.93. The third kappa shape index (κ3) is 3.55. The summed E-state index contributed by atoms with van der Waals surface area (Å²) in [6.07, 6.45) is 0. The maximum absolute atomic E-state index is 13.3. The summed E-state index contributed by atoms with van der Waals surface area (Å²) in [5.41, 5.74) is 1.65. The van der Waals surface area contributed by atoms with Crippen LogP contribution in [0, 0.1) is 0 Å². The zero-order valence-electron chi connectivity index (χ0n) is 13.3. The van der Waals surface area contributed by atoms with Crippen LogP contribution in [0.1, 0.15) is 22.8 Å². The molecule has 0 aliphatic heterocycles. The molecular weight excluding hydrogens is 336 g/mol. The minimum Gasteiger partial charge on any atom is -0.292 e. The number of Topliss-reactive ketones (excluding diaryl/α,β-unsaturated/α-hetero) is 1. The van der Waals surface area contributed by atoms with E-state index in [1.165, 1.54) is 0 Å². The first kappa shape index (κ1) is 16.8. The molecule has 1 unspecified atom stereocenters. The molecule has 1 nitrogen and oxygen atoms in total. The fourth-order valence-corrected chi connectivity index (χ4v) is 3.95. The number of carbonyl (C=O) groups is 1. The van der Waals surface area contributed by atoms with Crippen LogP contribution in [0.4, 0.5) is 0 Å². The summed E-state index contributed by atoms with van der Waals surface area (Å²) in [6.45, 7) is 1.98. The van der Waals surface area contributed by atoms with Crippen LogP contribution in [0.25, 0.3) is 0 Å². The molecule has 3 heteroatoms. The van der Waals surface area contributed by atoms with Crippen molar-refractivity contribution in [3.8, 4) is 0 Å². The van der Waals surface area contributed by atoms with Crippen molar-refractivity contribution < 1.29 is 4.79 Å². The molecule has 0 aliphatic carbocycles. The lowest BCUT2D eigenvalue weighted by Gasteiger charge is -2.28.